The highest BCUT2D eigenvalue weighted by atomic mass is 35.5. The molecule has 0 aliphatic heterocycles. The van der Waals surface area contributed by atoms with E-state index in [1.807, 2.05) is 0 Å². The lowest BCUT2D eigenvalue weighted by molar-refractivity contribution is 0.319. The van der Waals surface area contributed by atoms with Crippen molar-refractivity contribution in [1.82, 2.24) is 4.98 Å². The molecule has 0 amide bonds. The van der Waals surface area contributed by atoms with Gasteiger partial charge in [0, 0.05) is 18.0 Å². The predicted octanol–water partition coefficient (Wildman–Crippen LogP) is 1.70. The van der Waals surface area contributed by atoms with Crippen molar-refractivity contribution >= 4 is 18.1 Å². The lowest BCUT2D eigenvalue weighted by Gasteiger charge is -1.93. The first kappa shape index (κ1) is 9.91. The van der Waals surface area contributed by atoms with Gasteiger partial charge in [-0.2, -0.15) is 0 Å². The number of oxime groups is 1. The quantitative estimate of drug-likeness (QED) is 0.398. The Morgan fingerprint density at radius 3 is 2.45 bits per heavy atom. The second-order valence-electron chi connectivity index (χ2n) is 1.92. The lowest BCUT2D eigenvalue weighted by atomic mass is 10.2. The van der Waals surface area contributed by atoms with Crippen LogP contribution in [0.3, 0.4) is 0 Å². The number of nitrogens with zero attached hydrogens (tertiary/aromatic N) is 2. The van der Waals surface area contributed by atoms with Gasteiger partial charge in [-0.25, -0.2) is 0 Å². The van der Waals surface area contributed by atoms with E-state index in [0.29, 0.717) is 5.71 Å². The molecule has 11 heavy (non-hydrogen) atoms. The molecule has 0 aromatic carbocycles. The maximum atomic E-state index is 8.36. The third-order valence-electron chi connectivity index (χ3n) is 1.25. The van der Waals surface area contributed by atoms with Gasteiger partial charge in [0.15, 0.2) is 0 Å². The third-order valence-corrected chi connectivity index (χ3v) is 1.25. The van der Waals surface area contributed by atoms with Crippen molar-refractivity contribution < 1.29 is 5.21 Å². The Balaban J connectivity index is 0.000001000. The maximum Gasteiger partial charge on any atom is 0.0838 e. The van der Waals surface area contributed by atoms with Crippen LogP contribution in [0, 0.1) is 0 Å². The summed E-state index contributed by atoms with van der Waals surface area (Å²) in [6.07, 6.45) is 3.31. The van der Waals surface area contributed by atoms with E-state index in [1.54, 1.807) is 31.5 Å². The second-order valence-corrected chi connectivity index (χ2v) is 1.92. The van der Waals surface area contributed by atoms with E-state index >= 15 is 0 Å². The fraction of sp³-hybridized carbons (Fsp3) is 0.143. The molecular formula is C7H9ClN2O. The predicted molar refractivity (Wildman–Crippen MR) is 45.5 cm³/mol. The monoisotopic (exact) mass is 172 g/mol. The average Bonchev–Trinajstić information content (AvgIpc) is 2.05. The van der Waals surface area contributed by atoms with Gasteiger partial charge in [-0.05, 0) is 19.1 Å². The van der Waals surface area contributed by atoms with Crippen molar-refractivity contribution in [2.45, 2.75) is 6.92 Å². The molecule has 60 valence electrons. The molecule has 0 unspecified atom stereocenters. The Labute approximate surface area is 71.2 Å². The van der Waals surface area contributed by atoms with Gasteiger partial charge in [-0.15, -0.1) is 12.4 Å². The zero-order valence-electron chi connectivity index (χ0n) is 6.06. The SMILES string of the molecule is CC(=NO)c1ccncc1.Cl. The molecule has 0 atom stereocenters. The third kappa shape index (κ3) is 2.55. The van der Waals surface area contributed by atoms with Crippen LogP contribution in [0.2, 0.25) is 0 Å². The van der Waals surface area contributed by atoms with Crippen LogP contribution in [-0.4, -0.2) is 15.9 Å². The number of pyridine rings is 1. The number of halogens is 1. The Kier molecular flexibility index (Phi) is 4.22. The Morgan fingerprint density at radius 2 is 2.00 bits per heavy atom. The van der Waals surface area contributed by atoms with E-state index in [-0.39, 0.29) is 12.4 Å². The van der Waals surface area contributed by atoms with Crippen LogP contribution in [0.15, 0.2) is 29.7 Å². The number of hydrogen-bond acceptors (Lipinski definition) is 3. The normalized spacial score (nSPS) is 10.5. The summed E-state index contributed by atoms with van der Waals surface area (Å²) in [7, 11) is 0. The molecule has 0 radical (unpaired) electrons. The Hall–Kier alpha value is -1.09. The molecule has 4 heteroatoms. The molecule has 0 fully saturated rings. The highest BCUT2D eigenvalue weighted by molar-refractivity contribution is 5.97. The standard InChI is InChI=1S/C7H8N2O.ClH/c1-6(9-10)7-2-4-8-5-3-7;/h2-5,10H,1H3;1H. The van der Waals surface area contributed by atoms with Gasteiger partial charge in [0.25, 0.3) is 0 Å². The molecule has 0 saturated carbocycles. The zero-order chi connectivity index (χ0) is 7.40. The summed E-state index contributed by atoms with van der Waals surface area (Å²) in [5.41, 5.74) is 1.49. The van der Waals surface area contributed by atoms with Crippen molar-refractivity contribution in [1.29, 1.82) is 0 Å². The van der Waals surface area contributed by atoms with Crippen LogP contribution in [0.1, 0.15) is 12.5 Å². The van der Waals surface area contributed by atoms with Gasteiger partial charge in [0.2, 0.25) is 0 Å². The van der Waals surface area contributed by atoms with E-state index < -0.39 is 0 Å². The Bertz CT molecular complexity index is 235. The van der Waals surface area contributed by atoms with Crippen LogP contribution in [0.4, 0.5) is 0 Å². The fourth-order valence-electron chi connectivity index (χ4n) is 0.651. The first-order valence-electron chi connectivity index (χ1n) is 2.93. The summed E-state index contributed by atoms with van der Waals surface area (Å²) >= 11 is 0. The molecule has 0 spiro atoms. The molecule has 1 heterocycles. The first-order chi connectivity index (χ1) is 4.84. The number of aromatic nitrogens is 1. The first-order valence-corrected chi connectivity index (χ1v) is 2.93. The van der Waals surface area contributed by atoms with E-state index in [0.717, 1.165) is 5.56 Å². The van der Waals surface area contributed by atoms with Crippen molar-refractivity contribution in [3.63, 3.8) is 0 Å². The molecule has 0 aliphatic carbocycles. The van der Waals surface area contributed by atoms with Gasteiger partial charge in [0.1, 0.15) is 0 Å². The van der Waals surface area contributed by atoms with Crippen LogP contribution in [-0.2, 0) is 0 Å². The number of hydrogen-bond donors (Lipinski definition) is 1. The Morgan fingerprint density at radius 1 is 1.45 bits per heavy atom. The van der Waals surface area contributed by atoms with Crippen LogP contribution < -0.4 is 0 Å². The van der Waals surface area contributed by atoms with Crippen molar-refractivity contribution in [2.24, 2.45) is 5.16 Å². The minimum absolute atomic E-state index is 0. The number of rotatable bonds is 1. The van der Waals surface area contributed by atoms with E-state index in [1.165, 1.54) is 0 Å². The van der Waals surface area contributed by atoms with Gasteiger partial charge < -0.3 is 5.21 Å². The van der Waals surface area contributed by atoms with Crippen molar-refractivity contribution in [3.05, 3.63) is 30.1 Å². The molecule has 0 saturated heterocycles. The van der Waals surface area contributed by atoms with Crippen LogP contribution in [0.25, 0.3) is 0 Å². The highest BCUT2D eigenvalue weighted by Gasteiger charge is 1.93. The fourth-order valence-corrected chi connectivity index (χ4v) is 0.651. The largest absolute Gasteiger partial charge is 0.411 e. The molecule has 0 aliphatic rings. The van der Waals surface area contributed by atoms with E-state index in [2.05, 4.69) is 10.1 Å². The zero-order valence-corrected chi connectivity index (χ0v) is 6.88. The lowest BCUT2D eigenvalue weighted by Crippen LogP contribution is -1.93. The van der Waals surface area contributed by atoms with Gasteiger partial charge in [-0.1, -0.05) is 5.16 Å². The molecule has 1 aromatic heterocycles. The molecule has 3 nitrogen and oxygen atoms in total. The smallest absolute Gasteiger partial charge is 0.0838 e. The minimum Gasteiger partial charge on any atom is -0.411 e. The molecule has 0 bridgehead atoms. The van der Waals surface area contributed by atoms with E-state index in [9.17, 15) is 0 Å². The van der Waals surface area contributed by atoms with Crippen LogP contribution >= 0.6 is 12.4 Å². The average molecular weight is 173 g/mol. The summed E-state index contributed by atoms with van der Waals surface area (Å²) in [6, 6.07) is 3.57. The van der Waals surface area contributed by atoms with Gasteiger partial charge in [0.05, 0.1) is 5.71 Å². The molecule has 1 rings (SSSR count). The van der Waals surface area contributed by atoms with Crippen molar-refractivity contribution in [2.75, 3.05) is 0 Å². The highest BCUT2D eigenvalue weighted by Crippen LogP contribution is 1.97. The molecule has 1 N–H and O–H groups in total. The molecule has 1 aromatic rings. The topological polar surface area (TPSA) is 45.5 Å². The van der Waals surface area contributed by atoms with Gasteiger partial charge >= 0.3 is 0 Å². The van der Waals surface area contributed by atoms with Crippen LogP contribution in [0.5, 0.6) is 0 Å². The van der Waals surface area contributed by atoms with E-state index in [4.69, 9.17) is 5.21 Å². The summed E-state index contributed by atoms with van der Waals surface area (Å²) in [5, 5.41) is 11.4. The summed E-state index contributed by atoms with van der Waals surface area (Å²) in [4.78, 5) is 3.83. The maximum absolute atomic E-state index is 8.36. The second kappa shape index (κ2) is 4.68. The minimum atomic E-state index is 0. The van der Waals surface area contributed by atoms with Gasteiger partial charge in [-0.3, -0.25) is 4.98 Å². The summed E-state index contributed by atoms with van der Waals surface area (Å²) in [6.45, 7) is 1.73. The van der Waals surface area contributed by atoms with Crippen molar-refractivity contribution in [3.8, 4) is 0 Å². The summed E-state index contributed by atoms with van der Waals surface area (Å²) < 4.78 is 0. The summed E-state index contributed by atoms with van der Waals surface area (Å²) in [5.74, 6) is 0. The molecular weight excluding hydrogens is 164 g/mol.